The molecule has 1 aromatic heterocycles. The fraction of sp³-hybridized carbons (Fsp3) is 0.625. The van der Waals surface area contributed by atoms with E-state index in [1.807, 2.05) is 17.5 Å². The summed E-state index contributed by atoms with van der Waals surface area (Å²) >= 11 is 1.45. The molecule has 1 atom stereocenters. The van der Waals surface area contributed by atoms with Gasteiger partial charge in [0.2, 0.25) is 5.91 Å². The number of likely N-dealkylation sites (tertiary alicyclic amines) is 1. The van der Waals surface area contributed by atoms with Crippen LogP contribution in [0.15, 0.2) is 17.5 Å². The number of hydrogen-bond acceptors (Lipinski definition) is 3. The van der Waals surface area contributed by atoms with Gasteiger partial charge in [0.1, 0.15) is 6.04 Å². The first kappa shape index (κ1) is 14.6. The highest BCUT2D eigenvalue weighted by Crippen LogP contribution is 2.23. The number of carbonyl (C=O) groups is 2. The quantitative estimate of drug-likeness (QED) is 0.933. The zero-order valence-corrected chi connectivity index (χ0v) is 13.0. The van der Waals surface area contributed by atoms with Crippen molar-refractivity contribution in [2.45, 2.75) is 57.0 Å². The Labute approximate surface area is 129 Å². The summed E-state index contributed by atoms with van der Waals surface area (Å²) in [6.07, 6.45) is 7.37. The largest absolute Gasteiger partial charge is 0.352 e. The molecular weight excluding hydrogens is 284 g/mol. The van der Waals surface area contributed by atoms with Crippen molar-refractivity contribution in [1.82, 2.24) is 10.2 Å². The Morgan fingerprint density at radius 2 is 1.90 bits per heavy atom. The molecular formula is C16H22N2O2S. The summed E-state index contributed by atoms with van der Waals surface area (Å²) in [6.45, 7) is 0.694. The predicted octanol–water partition coefficient (Wildman–Crippen LogP) is 2.80. The third-order valence-electron chi connectivity index (χ3n) is 4.50. The first-order valence-corrected chi connectivity index (χ1v) is 8.78. The Bertz CT molecular complexity index is 494. The topological polar surface area (TPSA) is 49.4 Å². The van der Waals surface area contributed by atoms with Gasteiger partial charge in [0.05, 0.1) is 4.88 Å². The third kappa shape index (κ3) is 3.28. The molecule has 0 radical (unpaired) electrons. The van der Waals surface area contributed by atoms with Gasteiger partial charge in [0.25, 0.3) is 5.91 Å². The number of rotatable bonds is 3. The standard InChI is InChI=1S/C16H22N2O2S/c19-15(17-12-6-1-2-7-12)13-8-3-4-10-18(13)16(20)14-9-5-11-21-14/h5,9,11-13H,1-4,6-8,10H2,(H,17,19). The Morgan fingerprint density at radius 1 is 1.14 bits per heavy atom. The van der Waals surface area contributed by atoms with Gasteiger partial charge in [-0.2, -0.15) is 0 Å². The molecule has 4 nitrogen and oxygen atoms in total. The zero-order valence-electron chi connectivity index (χ0n) is 12.2. The summed E-state index contributed by atoms with van der Waals surface area (Å²) in [5.74, 6) is 0.0581. The highest BCUT2D eigenvalue weighted by molar-refractivity contribution is 7.12. The molecule has 1 aliphatic carbocycles. The number of piperidine rings is 1. The van der Waals surface area contributed by atoms with Crippen molar-refractivity contribution in [1.29, 1.82) is 0 Å². The number of nitrogens with zero attached hydrogens (tertiary/aromatic N) is 1. The van der Waals surface area contributed by atoms with Crippen molar-refractivity contribution < 1.29 is 9.59 Å². The van der Waals surface area contributed by atoms with E-state index in [2.05, 4.69) is 5.32 Å². The molecule has 5 heteroatoms. The minimum absolute atomic E-state index is 0.0104. The van der Waals surface area contributed by atoms with Crippen molar-refractivity contribution >= 4 is 23.2 Å². The fourth-order valence-corrected chi connectivity index (χ4v) is 4.04. The van der Waals surface area contributed by atoms with Crippen LogP contribution in [-0.2, 0) is 4.79 Å². The normalized spacial score (nSPS) is 23.2. The molecule has 2 heterocycles. The van der Waals surface area contributed by atoms with E-state index >= 15 is 0 Å². The van der Waals surface area contributed by atoms with Crippen LogP contribution in [0.4, 0.5) is 0 Å². The summed E-state index contributed by atoms with van der Waals surface area (Å²) in [5, 5.41) is 5.06. The lowest BCUT2D eigenvalue weighted by atomic mass is 10.0. The highest BCUT2D eigenvalue weighted by Gasteiger charge is 2.34. The molecule has 0 spiro atoms. The van der Waals surface area contributed by atoms with Crippen LogP contribution in [0, 0.1) is 0 Å². The van der Waals surface area contributed by atoms with Crippen molar-refractivity contribution in [3.63, 3.8) is 0 Å². The maximum Gasteiger partial charge on any atom is 0.264 e. The number of amides is 2. The molecule has 114 valence electrons. The molecule has 1 saturated heterocycles. The molecule has 1 aliphatic heterocycles. The minimum Gasteiger partial charge on any atom is -0.352 e. The van der Waals surface area contributed by atoms with E-state index in [9.17, 15) is 9.59 Å². The van der Waals surface area contributed by atoms with E-state index in [4.69, 9.17) is 0 Å². The smallest absolute Gasteiger partial charge is 0.264 e. The maximum atomic E-state index is 12.6. The van der Waals surface area contributed by atoms with Gasteiger partial charge in [-0.3, -0.25) is 9.59 Å². The Hall–Kier alpha value is -1.36. The average Bonchev–Trinajstić information content (AvgIpc) is 3.19. The highest BCUT2D eigenvalue weighted by atomic mass is 32.1. The van der Waals surface area contributed by atoms with Crippen LogP contribution in [0.25, 0.3) is 0 Å². The lowest BCUT2D eigenvalue weighted by Crippen LogP contribution is -2.53. The lowest BCUT2D eigenvalue weighted by molar-refractivity contribution is -0.127. The van der Waals surface area contributed by atoms with E-state index in [1.54, 1.807) is 4.90 Å². The van der Waals surface area contributed by atoms with E-state index in [-0.39, 0.29) is 17.9 Å². The second-order valence-corrected chi connectivity index (χ2v) is 6.93. The van der Waals surface area contributed by atoms with Gasteiger partial charge in [-0.15, -0.1) is 11.3 Å². The van der Waals surface area contributed by atoms with Gasteiger partial charge in [-0.1, -0.05) is 18.9 Å². The van der Waals surface area contributed by atoms with Gasteiger partial charge in [0, 0.05) is 12.6 Å². The second kappa shape index (κ2) is 6.60. The molecule has 1 unspecified atom stereocenters. The first-order chi connectivity index (χ1) is 10.3. The summed E-state index contributed by atoms with van der Waals surface area (Å²) in [7, 11) is 0. The first-order valence-electron chi connectivity index (χ1n) is 7.90. The Morgan fingerprint density at radius 3 is 2.62 bits per heavy atom. The van der Waals surface area contributed by atoms with E-state index in [0.29, 0.717) is 12.6 Å². The molecule has 2 aliphatic rings. The fourth-order valence-electron chi connectivity index (χ4n) is 3.36. The zero-order chi connectivity index (χ0) is 14.7. The van der Waals surface area contributed by atoms with E-state index in [0.717, 1.165) is 37.0 Å². The van der Waals surface area contributed by atoms with E-state index < -0.39 is 0 Å². The molecule has 1 aromatic rings. The Balaban J connectivity index is 1.68. The lowest BCUT2D eigenvalue weighted by Gasteiger charge is -2.35. The van der Waals surface area contributed by atoms with Crippen molar-refractivity contribution in [3.8, 4) is 0 Å². The maximum absolute atomic E-state index is 12.6. The summed E-state index contributed by atoms with van der Waals surface area (Å²) in [4.78, 5) is 27.6. The molecule has 1 N–H and O–H groups in total. The monoisotopic (exact) mass is 306 g/mol. The summed E-state index contributed by atoms with van der Waals surface area (Å²) in [5.41, 5.74) is 0. The van der Waals surface area contributed by atoms with Crippen LogP contribution in [0.5, 0.6) is 0 Å². The summed E-state index contributed by atoms with van der Waals surface area (Å²) < 4.78 is 0. The van der Waals surface area contributed by atoms with Crippen molar-refractivity contribution in [3.05, 3.63) is 22.4 Å². The molecule has 3 rings (SSSR count). The van der Waals surface area contributed by atoms with Gasteiger partial charge in [-0.25, -0.2) is 0 Å². The van der Waals surface area contributed by atoms with Crippen LogP contribution in [0.1, 0.15) is 54.6 Å². The van der Waals surface area contributed by atoms with Crippen LogP contribution in [0.3, 0.4) is 0 Å². The number of thiophene rings is 1. The molecule has 1 saturated carbocycles. The average molecular weight is 306 g/mol. The Kier molecular flexibility index (Phi) is 4.58. The molecule has 0 bridgehead atoms. The van der Waals surface area contributed by atoms with E-state index in [1.165, 1.54) is 24.2 Å². The number of carbonyl (C=O) groups excluding carboxylic acids is 2. The molecule has 2 fully saturated rings. The predicted molar refractivity (Wildman–Crippen MR) is 83.4 cm³/mol. The van der Waals surface area contributed by atoms with Crippen LogP contribution < -0.4 is 5.32 Å². The third-order valence-corrected chi connectivity index (χ3v) is 5.36. The molecule has 2 amide bonds. The molecule has 0 aromatic carbocycles. The van der Waals surface area contributed by atoms with Crippen molar-refractivity contribution in [2.75, 3.05) is 6.54 Å². The van der Waals surface area contributed by atoms with Gasteiger partial charge >= 0.3 is 0 Å². The number of nitrogens with one attached hydrogen (secondary N) is 1. The second-order valence-electron chi connectivity index (χ2n) is 5.98. The van der Waals surface area contributed by atoms with Crippen molar-refractivity contribution in [2.24, 2.45) is 0 Å². The minimum atomic E-state index is -0.283. The number of hydrogen-bond donors (Lipinski definition) is 1. The van der Waals surface area contributed by atoms with Crippen LogP contribution in [0.2, 0.25) is 0 Å². The van der Waals surface area contributed by atoms with Gasteiger partial charge < -0.3 is 10.2 Å². The van der Waals surface area contributed by atoms with Crippen LogP contribution >= 0.6 is 11.3 Å². The van der Waals surface area contributed by atoms with Gasteiger partial charge in [0.15, 0.2) is 0 Å². The van der Waals surface area contributed by atoms with Crippen LogP contribution in [-0.4, -0.2) is 35.3 Å². The van der Waals surface area contributed by atoms with Gasteiger partial charge in [-0.05, 0) is 43.6 Å². The SMILES string of the molecule is O=C(NC1CCCC1)C1CCCCN1C(=O)c1cccs1. The molecule has 21 heavy (non-hydrogen) atoms. The summed E-state index contributed by atoms with van der Waals surface area (Å²) in [6, 6.07) is 3.76.